The van der Waals surface area contributed by atoms with E-state index in [0.717, 1.165) is 24.5 Å². The van der Waals surface area contributed by atoms with Crippen molar-refractivity contribution in [3.63, 3.8) is 0 Å². The molecule has 0 aromatic heterocycles. The van der Waals surface area contributed by atoms with Crippen molar-refractivity contribution in [3.05, 3.63) is 23.8 Å². The number of rotatable bonds is 8. The predicted molar refractivity (Wildman–Crippen MR) is 83.1 cm³/mol. The van der Waals surface area contributed by atoms with Gasteiger partial charge >= 0.3 is 0 Å². The normalized spacial score (nSPS) is 10.8. The van der Waals surface area contributed by atoms with Crippen molar-refractivity contribution in [2.24, 2.45) is 0 Å². The first-order valence-corrected chi connectivity index (χ1v) is 7.22. The Labute approximate surface area is 118 Å². The fraction of sp³-hybridized carbons (Fsp3) is 0.625. The van der Waals surface area contributed by atoms with E-state index in [1.54, 1.807) is 0 Å². The van der Waals surface area contributed by atoms with Gasteiger partial charge in [0.2, 0.25) is 0 Å². The number of hydrogen-bond donors (Lipinski definition) is 1. The number of nitrogens with zero attached hydrogens (tertiary/aromatic N) is 1. The Bertz CT molecular complexity index is 375. The molecule has 0 amide bonds. The van der Waals surface area contributed by atoms with Crippen LogP contribution in [0.1, 0.15) is 39.2 Å². The number of anilines is 1. The molecular weight excluding hydrogens is 236 g/mol. The third-order valence-corrected chi connectivity index (χ3v) is 2.90. The van der Waals surface area contributed by atoms with E-state index in [2.05, 4.69) is 49.2 Å². The summed E-state index contributed by atoms with van der Waals surface area (Å²) in [6.07, 6.45) is 2.65. The molecule has 0 unspecified atom stereocenters. The molecule has 108 valence electrons. The van der Waals surface area contributed by atoms with Crippen molar-refractivity contribution >= 4 is 5.69 Å². The summed E-state index contributed by atoms with van der Waals surface area (Å²) in [7, 11) is 4.09. The van der Waals surface area contributed by atoms with Crippen LogP contribution in [0, 0.1) is 0 Å². The van der Waals surface area contributed by atoms with Crippen LogP contribution in [0.5, 0.6) is 5.75 Å². The van der Waals surface area contributed by atoms with Gasteiger partial charge in [-0.2, -0.15) is 0 Å². The lowest BCUT2D eigenvalue weighted by Gasteiger charge is -2.20. The van der Waals surface area contributed by atoms with E-state index in [9.17, 15) is 0 Å². The highest BCUT2D eigenvalue weighted by Gasteiger charge is 2.08. The fourth-order valence-electron chi connectivity index (χ4n) is 1.92. The lowest BCUT2D eigenvalue weighted by molar-refractivity contribution is 0.243. The van der Waals surface area contributed by atoms with Crippen molar-refractivity contribution in [3.8, 4) is 5.75 Å². The molecular formula is C16H28N2O. The van der Waals surface area contributed by atoms with Crippen molar-refractivity contribution in [2.75, 3.05) is 25.5 Å². The molecule has 0 fully saturated rings. The van der Waals surface area contributed by atoms with Crippen LogP contribution in [0.3, 0.4) is 0 Å². The molecule has 0 saturated heterocycles. The van der Waals surface area contributed by atoms with E-state index >= 15 is 0 Å². The molecule has 0 aliphatic heterocycles. The molecule has 1 aromatic rings. The van der Waals surface area contributed by atoms with Crippen molar-refractivity contribution in [2.45, 2.75) is 46.3 Å². The maximum absolute atomic E-state index is 5.91. The summed E-state index contributed by atoms with van der Waals surface area (Å²) in [5.41, 5.74) is 2.41. The first kappa shape index (κ1) is 15.8. The monoisotopic (exact) mass is 264 g/mol. The summed E-state index contributed by atoms with van der Waals surface area (Å²) < 4.78 is 5.91. The van der Waals surface area contributed by atoms with E-state index < -0.39 is 0 Å². The molecule has 0 heterocycles. The van der Waals surface area contributed by atoms with Gasteiger partial charge in [0.05, 0.1) is 11.8 Å². The zero-order valence-corrected chi connectivity index (χ0v) is 13.0. The van der Waals surface area contributed by atoms with E-state index in [0.29, 0.717) is 0 Å². The second-order valence-electron chi connectivity index (χ2n) is 5.39. The summed E-state index contributed by atoms with van der Waals surface area (Å²) in [5.74, 6) is 0.967. The molecule has 0 spiro atoms. The average Bonchev–Trinajstić information content (AvgIpc) is 2.34. The minimum atomic E-state index is 0.196. The number of hydrogen-bond acceptors (Lipinski definition) is 3. The van der Waals surface area contributed by atoms with Crippen LogP contribution >= 0.6 is 0 Å². The van der Waals surface area contributed by atoms with Gasteiger partial charge in [-0.1, -0.05) is 19.4 Å². The summed E-state index contributed by atoms with van der Waals surface area (Å²) in [5, 5.41) is 3.46. The summed E-state index contributed by atoms with van der Waals surface area (Å²) in [6.45, 7) is 8.31. The van der Waals surface area contributed by atoms with Crippen LogP contribution in [0.25, 0.3) is 0 Å². The van der Waals surface area contributed by atoms with E-state index in [4.69, 9.17) is 4.74 Å². The van der Waals surface area contributed by atoms with Gasteiger partial charge in [-0.3, -0.25) is 0 Å². The van der Waals surface area contributed by atoms with Gasteiger partial charge < -0.3 is 15.0 Å². The van der Waals surface area contributed by atoms with Gasteiger partial charge in [0.25, 0.3) is 0 Å². The van der Waals surface area contributed by atoms with Gasteiger partial charge in [-0.25, -0.2) is 0 Å². The Balaban J connectivity index is 2.73. The highest BCUT2D eigenvalue weighted by atomic mass is 16.5. The predicted octanol–water partition coefficient (Wildman–Crippen LogP) is 3.43. The highest BCUT2D eigenvalue weighted by Crippen LogP contribution is 2.29. The van der Waals surface area contributed by atoms with Crippen LogP contribution in [-0.2, 0) is 6.54 Å². The first-order valence-electron chi connectivity index (χ1n) is 7.22. The Morgan fingerprint density at radius 3 is 2.58 bits per heavy atom. The Morgan fingerprint density at radius 2 is 2.00 bits per heavy atom. The SMILES string of the molecule is CCCCNCc1ccc(N(C)C)c(OC(C)C)c1. The van der Waals surface area contributed by atoms with E-state index in [1.807, 2.05) is 14.1 Å². The van der Waals surface area contributed by atoms with Gasteiger partial charge in [0, 0.05) is 20.6 Å². The average molecular weight is 264 g/mol. The minimum Gasteiger partial charge on any atom is -0.489 e. The van der Waals surface area contributed by atoms with Crippen LogP contribution in [0.2, 0.25) is 0 Å². The smallest absolute Gasteiger partial charge is 0.143 e. The maximum atomic E-state index is 5.91. The van der Waals surface area contributed by atoms with Crippen molar-refractivity contribution in [1.82, 2.24) is 5.32 Å². The quantitative estimate of drug-likeness (QED) is 0.728. The van der Waals surface area contributed by atoms with Gasteiger partial charge in [0.1, 0.15) is 5.75 Å². The van der Waals surface area contributed by atoms with Gasteiger partial charge in [-0.05, 0) is 44.5 Å². The fourth-order valence-corrected chi connectivity index (χ4v) is 1.92. The number of nitrogens with one attached hydrogen (secondary N) is 1. The molecule has 0 aliphatic carbocycles. The minimum absolute atomic E-state index is 0.196. The largest absolute Gasteiger partial charge is 0.489 e. The summed E-state index contributed by atoms with van der Waals surface area (Å²) >= 11 is 0. The first-order chi connectivity index (χ1) is 9.04. The Kier molecular flexibility index (Phi) is 6.71. The zero-order valence-electron chi connectivity index (χ0n) is 13.0. The number of ether oxygens (including phenoxy) is 1. The molecule has 3 nitrogen and oxygen atoms in total. The lowest BCUT2D eigenvalue weighted by atomic mass is 10.1. The lowest BCUT2D eigenvalue weighted by Crippen LogP contribution is -2.16. The van der Waals surface area contributed by atoms with Crippen LogP contribution in [0.4, 0.5) is 5.69 Å². The van der Waals surface area contributed by atoms with Crippen molar-refractivity contribution in [1.29, 1.82) is 0 Å². The molecule has 0 radical (unpaired) electrons. The summed E-state index contributed by atoms with van der Waals surface area (Å²) in [4.78, 5) is 2.09. The Hall–Kier alpha value is -1.22. The third kappa shape index (κ3) is 5.52. The zero-order chi connectivity index (χ0) is 14.3. The van der Waals surface area contributed by atoms with Crippen LogP contribution in [-0.4, -0.2) is 26.7 Å². The molecule has 3 heteroatoms. The van der Waals surface area contributed by atoms with E-state index in [1.165, 1.54) is 18.4 Å². The Morgan fingerprint density at radius 1 is 1.26 bits per heavy atom. The van der Waals surface area contributed by atoms with E-state index in [-0.39, 0.29) is 6.10 Å². The second-order valence-corrected chi connectivity index (χ2v) is 5.39. The van der Waals surface area contributed by atoms with Gasteiger partial charge in [-0.15, -0.1) is 0 Å². The maximum Gasteiger partial charge on any atom is 0.143 e. The molecule has 1 N–H and O–H groups in total. The molecule has 1 rings (SSSR count). The molecule has 19 heavy (non-hydrogen) atoms. The number of benzene rings is 1. The standard InChI is InChI=1S/C16H28N2O/c1-6-7-10-17-12-14-8-9-15(18(4)5)16(11-14)19-13(2)3/h8-9,11,13,17H,6-7,10,12H2,1-5H3. The van der Waals surface area contributed by atoms with Crippen molar-refractivity contribution < 1.29 is 4.74 Å². The highest BCUT2D eigenvalue weighted by molar-refractivity contribution is 5.59. The molecule has 0 aliphatic rings. The van der Waals surface area contributed by atoms with Crippen LogP contribution < -0.4 is 15.0 Å². The molecule has 0 saturated carbocycles. The summed E-state index contributed by atoms with van der Waals surface area (Å²) in [6, 6.07) is 6.45. The second kappa shape index (κ2) is 8.05. The molecule has 1 aromatic carbocycles. The van der Waals surface area contributed by atoms with Gasteiger partial charge in [0.15, 0.2) is 0 Å². The van der Waals surface area contributed by atoms with Crippen LogP contribution in [0.15, 0.2) is 18.2 Å². The topological polar surface area (TPSA) is 24.5 Å². The third-order valence-electron chi connectivity index (χ3n) is 2.90. The number of unbranched alkanes of at least 4 members (excludes halogenated alkanes) is 1. The molecule has 0 bridgehead atoms. The molecule has 0 atom stereocenters.